The number of hydrogen-bond acceptors (Lipinski definition) is 2. The predicted octanol–water partition coefficient (Wildman–Crippen LogP) is 4.45. The van der Waals surface area contributed by atoms with Crippen LogP contribution in [0.25, 0.3) is 22.0 Å². The lowest BCUT2D eigenvalue weighted by Crippen LogP contribution is -2.45. The second kappa shape index (κ2) is 6.13. The van der Waals surface area contributed by atoms with Crippen molar-refractivity contribution in [2.75, 3.05) is 6.54 Å². The van der Waals surface area contributed by atoms with E-state index in [4.69, 9.17) is 0 Å². The number of aromatic amines is 2. The molecule has 0 spiro atoms. The number of nitrogens with zero attached hydrogens (tertiary/aromatic N) is 2. The van der Waals surface area contributed by atoms with E-state index < -0.39 is 0 Å². The number of amides is 1. The summed E-state index contributed by atoms with van der Waals surface area (Å²) in [6, 6.07) is 18.6. The van der Waals surface area contributed by atoms with Crippen molar-refractivity contribution in [2.24, 2.45) is 0 Å². The van der Waals surface area contributed by atoms with Gasteiger partial charge in [-0.1, -0.05) is 42.5 Å². The normalized spacial score (nSPS) is 16.5. The van der Waals surface area contributed by atoms with Crippen molar-refractivity contribution in [3.05, 3.63) is 77.7 Å². The van der Waals surface area contributed by atoms with Crippen LogP contribution in [0.15, 0.2) is 60.8 Å². The van der Waals surface area contributed by atoms with Crippen molar-refractivity contribution < 1.29 is 4.79 Å². The molecule has 5 heteroatoms. The molecule has 5 nitrogen and oxygen atoms in total. The van der Waals surface area contributed by atoms with Crippen LogP contribution in [0.1, 0.15) is 34.2 Å². The van der Waals surface area contributed by atoms with Crippen molar-refractivity contribution >= 4 is 16.8 Å². The summed E-state index contributed by atoms with van der Waals surface area (Å²) in [7, 11) is 0. The molecule has 1 aliphatic rings. The molecule has 2 aromatic heterocycles. The highest BCUT2D eigenvalue weighted by atomic mass is 16.2. The van der Waals surface area contributed by atoms with Crippen LogP contribution in [0.2, 0.25) is 0 Å². The summed E-state index contributed by atoms with van der Waals surface area (Å²) in [5.41, 5.74) is 6.00. The van der Waals surface area contributed by atoms with Crippen LogP contribution in [0.3, 0.4) is 0 Å². The summed E-state index contributed by atoms with van der Waals surface area (Å²) >= 11 is 0. The molecule has 0 saturated carbocycles. The molecule has 134 valence electrons. The van der Waals surface area contributed by atoms with E-state index in [2.05, 4.69) is 45.5 Å². The number of nitrogens with one attached hydrogen (secondary N) is 2. The summed E-state index contributed by atoms with van der Waals surface area (Å²) in [5, 5.41) is 8.10. The minimum Gasteiger partial charge on any atom is -0.351 e. The average molecular weight is 356 g/mol. The highest BCUT2D eigenvalue weighted by molar-refractivity contribution is 5.99. The number of fused-ring (bicyclic) bond motifs is 1. The van der Waals surface area contributed by atoms with E-state index in [-0.39, 0.29) is 11.9 Å². The van der Waals surface area contributed by atoms with Gasteiger partial charge in [-0.15, -0.1) is 0 Å². The molecule has 1 atom stereocenters. The molecule has 1 amide bonds. The van der Waals surface area contributed by atoms with Crippen molar-refractivity contribution in [3.63, 3.8) is 0 Å². The van der Waals surface area contributed by atoms with E-state index in [1.54, 1.807) is 0 Å². The molecule has 27 heavy (non-hydrogen) atoms. The number of aromatic nitrogens is 3. The van der Waals surface area contributed by atoms with Gasteiger partial charge in [0, 0.05) is 28.7 Å². The van der Waals surface area contributed by atoms with E-state index in [9.17, 15) is 4.79 Å². The fourth-order valence-electron chi connectivity index (χ4n) is 3.86. The lowest BCUT2D eigenvalue weighted by molar-refractivity contribution is 0.0455. The number of carbonyl (C=O) groups excluding carboxylic acids is 1. The lowest BCUT2D eigenvalue weighted by Gasteiger charge is -2.41. The Morgan fingerprint density at radius 1 is 1.15 bits per heavy atom. The van der Waals surface area contributed by atoms with Crippen molar-refractivity contribution in [1.82, 2.24) is 20.1 Å². The van der Waals surface area contributed by atoms with Crippen LogP contribution in [0, 0.1) is 6.92 Å². The summed E-state index contributed by atoms with van der Waals surface area (Å²) in [6.45, 7) is 2.80. The summed E-state index contributed by atoms with van der Waals surface area (Å²) in [4.78, 5) is 18.3. The molecule has 0 bridgehead atoms. The Kier molecular flexibility index (Phi) is 3.60. The Morgan fingerprint density at radius 3 is 2.70 bits per heavy atom. The molecule has 2 N–H and O–H groups in total. The highest BCUT2D eigenvalue weighted by Crippen LogP contribution is 2.35. The first-order chi connectivity index (χ1) is 13.2. The maximum absolute atomic E-state index is 13.0. The zero-order valence-electron chi connectivity index (χ0n) is 15.1. The summed E-state index contributed by atoms with van der Waals surface area (Å²) in [5.74, 6) is 0.0624. The molecule has 1 fully saturated rings. The van der Waals surface area contributed by atoms with E-state index in [0.29, 0.717) is 5.69 Å². The molecule has 1 aliphatic heterocycles. The minimum absolute atomic E-state index is 0.0624. The molecular formula is C22H20N4O. The van der Waals surface area contributed by atoms with Crippen LogP contribution in [-0.2, 0) is 0 Å². The van der Waals surface area contributed by atoms with Crippen molar-refractivity contribution in [3.8, 4) is 11.1 Å². The number of H-pyrrole nitrogens is 2. The highest BCUT2D eigenvalue weighted by Gasteiger charge is 2.34. The molecule has 1 saturated heterocycles. The lowest BCUT2D eigenvalue weighted by atomic mass is 9.94. The summed E-state index contributed by atoms with van der Waals surface area (Å²) in [6.07, 6.45) is 2.84. The zero-order chi connectivity index (χ0) is 18.4. The maximum atomic E-state index is 13.0. The monoisotopic (exact) mass is 356 g/mol. The van der Waals surface area contributed by atoms with Gasteiger partial charge in [0.05, 0.1) is 12.2 Å². The van der Waals surface area contributed by atoms with Gasteiger partial charge >= 0.3 is 0 Å². The smallest absolute Gasteiger partial charge is 0.270 e. The van der Waals surface area contributed by atoms with Crippen molar-refractivity contribution in [2.45, 2.75) is 19.4 Å². The molecule has 3 heterocycles. The Morgan fingerprint density at radius 2 is 2.00 bits per heavy atom. The van der Waals surface area contributed by atoms with Crippen LogP contribution < -0.4 is 0 Å². The molecule has 2 aromatic carbocycles. The van der Waals surface area contributed by atoms with Crippen LogP contribution in [0.5, 0.6) is 0 Å². The molecule has 5 rings (SSSR count). The molecule has 0 unspecified atom stereocenters. The number of benzene rings is 2. The maximum Gasteiger partial charge on any atom is 0.270 e. The number of rotatable bonds is 3. The zero-order valence-corrected chi connectivity index (χ0v) is 15.1. The molecule has 4 aromatic rings. The van der Waals surface area contributed by atoms with Gasteiger partial charge in [-0.2, -0.15) is 5.10 Å². The van der Waals surface area contributed by atoms with E-state index in [0.717, 1.165) is 40.7 Å². The first kappa shape index (κ1) is 15.9. The third-order valence-corrected chi connectivity index (χ3v) is 5.46. The van der Waals surface area contributed by atoms with Crippen LogP contribution in [0.4, 0.5) is 0 Å². The molecule has 0 radical (unpaired) electrons. The van der Waals surface area contributed by atoms with Gasteiger partial charge in [-0.05, 0) is 36.6 Å². The number of aryl methyl sites for hydroxylation is 1. The number of likely N-dealkylation sites (tertiary alicyclic amines) is 1. The van der Waals surface area contributed by atoms with Crippen LogP contribution >= 0.6 is 0 Å². The van der Waals surface area contributed by atoms with Gasteiger partial charge in [-0.25, -0.2) is 0 Å². The minimum atomic E-state index is 0.0624. The van der Waals surface area contributed by atoms with E-state index >= 15 is 0 Å². The van der Waals surface area contributed by atoms with Gasteiger partial charge < -0.3 is 9.88 Å². The topological polar surface area (TPSA) is 64.8 Å². The van der Waals surface area contributed by atoms with Crippen molar-refractivity contribution in [1.29, 1.82) is 0 Å². The van der Waals surface area contributed by atoms with Gasteiger partial charge in [0.2, 0.25) is 0 Å². The third kappa shape index (κ3) is 2.63. The second-order valence-electron chi connectivity index (χ2n) is 7.11. The van der Waals surface area contributed by atoms with E-state index in [1.165, 1.54) is 5.56 Å². The SMILES string of the molecule is Cc1[nH]ncc1-c1ccc2cc(C(=O)N3CC[C@@H]3c3ccccc3)[nH]c2c1. The fraction of sp³-hybridized carbons (Fsp3) is 0.182. The average Bonchev–Trinajstić information content (AvgIpc) is 3.27. The first-order valence-corrected chi connectivity index (χ1v) is 9.20. The first-order valence-electron chi connectivity index (χ1n) is 9.20. The molecular weight excluding hydrogens is 336 g/mol. The van der Waals surface area contributed by atoms with Gasteiger partial charge in [0.1, 0.15) is 5.69 Å². The Balaban J connectivity index is 1.45. The third-order valence-electron chi connectivity index (χ3n) is 5.46. The summed E-state index contributed by atoms with van der Waals surface area (Å²) < 4.78 is 0. The number of carbonyl (C=O) groups is 1. The largest absolute Gasteiger partial charge is 0.351 e. The van der Waals surface area contributed by atoms with E-state index in [1.807, 2.05) is 42.3 Å². The Labute approximate surface area is 157 Å². The Bertz CT molecular complexity index is 1130. The van der Waals surface area contributed by atoms with Gasteiger partial charge in [0.25, 0.3) is 5.91 Å². The number of hydrogen-bond donors (Lipinski definition) is 2. The standard InChI is InChI=1S/C22H20N4O/c1-14-18(13-23-25-14)16-7-8-17-12-20(24-19(17)11-16)22(27)26-10-9-21(26)15-5-3-2-4-6-15/h2-8,11-13,21,24H,9-10H2,1H3,(H,23,25)/t21-/m1/s1. The second-order valence-corrected chi connectivity index (χ2v) is 7.11. The van der Waals surface area contributed by atoms with Gasteiger partial charge in [-0.3, -0.25) is 9.89 Å². The quantitative estimate of drug-likeness (QED) is 0.569. The Hall–Kier alpha value is -3.34. The predicted molar refractivity (Wildman–Crippen MR) is 105 cm³/mol. The molecule has 0 aliphatic carbocycles. The fourth-order valence-corrected chi connectivity index (χ4v) is 3.86. The van der Waals surface area contributed by atoms with Crippen LogP contribution in [-0.4, -0.2) is 32.5 Å². The van der Waals surface area contributed by atoms with Gasteiger partial charge in [0.15, 0.2) is 0 Å².